The van der Waals surface area contributed by atoms with Gasteiger partial charge in [0.25, 0.3) is 0 Å². The minimum absolute atomic E-state index is 0.187. The number of nitrogen functional groups attached to an aromatic ring is 1. The quantitative estimate of drug-likeness (QED) is 0.321. The van der Waals surface area contributed by atoms with Crippen LogP contribution in [0, 0.1) is 0 Å². The van der Waals surface area contributed by atoms with Gasteiger partial charge in [-0.1, -0.05) is 60.7 Å². The Labute approximate surface area is 196 Å². The number of imidazole rings is 1. The summed E-state index contributed by atoms with van der Waals surface area (Å²) in [5.41, 5.74) is 10.9. The van der Waals surface area contributed by atoms with Gasteiger partial charge in [0.15, 0.2) is 23.1 Å². The predicted octanol–water partition coefficient (Wildman–Crippen LogP) is 3.92. The second-order valence-corrected chi connectivity index (χ2v) is 7.72. The van der Waals surface area contributed by atoms with Crippen molar-refractivity contribution < 1.29 is 9.37 Å². The van der Waals surface area contributed by atoms with E-state index in [1.54, 1.807) is 6.20 Å². The van der Waals surface area contributed by atoms with E-state index in [1.165, 1.54) is 5.56 Å². The number of benzene rings is 2. The Morgan fingerprint density at radius 3 is 2.47 bits per heavy atom. The molecule has 0 spiro atoms. The van der Waals surface area contributed by atoms with Gasteiger partial charge in [0.1, 0.15) is 17.6 Å². The SMILES string of the molecule is CCn1c(-c2nonc2N)nc2c(-c3ccccc3)ncc(OCCNCc3ccccc3)c21. The number of nitrogens with zero attached hydrogens (tertiary/aromatic N) is 5. The van der Waals surface area contributed by atoms with Gasteiger partial charge in [0.05, 0.1) is 11.9 Å². The fourth-order valence-electron chi connectivity index (χ4n) is 3.93. The van der Waals surface area contributed by atoms with Gasteiger partial charge in [-0.05, 0) is 22.8 Å². The number of aromatic nitrogens is 5. The fourth-order valence-corrected chi connectivity index (χ4v) is 3.93. The number of pyridine rings is 1. The van der Waals surface area contributed by atoms with Crippen LogP contribution in [0.3, 0.4) is 0 Å². The lowest BCUT2D eigenvalue weighted by molar-refractivity contribution is 0.310. The summed E-state index contributed by atoms with van der Waals surface area (Å²) in [4.78, 5) is 9.57. The molecule has 5 aromatic rings. The Balaban J connectivity index is 1.48. The minimum atomic E-state index is 0.187. The molecule has 0 saturated heterocycles. The molecule has 0 aliphatic heterocycles. The predicted molar refractivity (Wildman–Crippen MR) is 130 cm³/mol. The molecule has 2 aromatic carbocycles. The van der Waals surface area contributed by atoms with Crippen molar-refractivity contribution in [2.24, 2.45) is 0 Å². The second-order valence-electron chi connectivity index (χ2n) is 7.72. The van der Waals surface area contributed by atoms with E-state index in [1.807, 2.05) is 60.0 Å². The van der Waals surface area contributed by atoms with Gasteiger partial charge in [0, 0.05) is 25.2 Å². The number of rotatable bonds is 9. The van der Waals surface area contributed by atoms with E-state index in [2.05, 4.69) is 27.8 Å². The van der Waals surface area contributed by atoms with E-state index in [0.29, 0.717) is 42.5 Å². The molecule has 3 N–H and O–H groups in total. The molecule has 9 nitrogen and oxygen atoms in total. The second kappa shape index (κ2) is 9.72. The molecular weight excluding hydrogens is 430 g/mol. The first-order chi connectivity index (χ1) is 16.8. The van der Waals surface area contributed by atoms with Gasteiger partial charge in [0.2, 0.25) is 0 Å². The smallest absolute Gasteiger partial charge is 0.199 e. The van der Waals surface area contributed by atoms with Crippen LogP contribution in [0.25, 0.3) is 33.8 Å². The molecule has 0 amide bonds. The zero-order valence-electron chi connectivity index (χ0n) is 18.8. The summed E-state index contributed by atoms with van der Waals surface area (Å²) >= 11 is 0. The van der Waals surface area contributed by atoms with Crippen LogP contribution in [0.1, 0.15) is 12.5 Å². The lowest BCUT2D eigenvalue weighted by Gasteiger charge is -2.12. The van der Waals surface area contributed by atoms with Gasteiger partial charge in [-0.2, -0.15) is 0 Å². The number of hydrogen-bond donors (Lipinski definition) is 2. The monoisotopic (exact) mass is 455 g/mol. The number of nitrogens with two attached hydrogens (primary N) is 1. The first-order valence-corrected chi connectivity index (χ1v) is 11.2. The van der Waals surface area contributed by atoms with Crippen LogP contribution < -0.4 is 15.8 Å². The number of hydrogen-bond acceptors (Lipinski definition) is 8. The van der Waals surface area contributed by atoms with Crippen molar-refractivity contribution in [1.82, 2.24) is 30.2 Å². The Kier molecular flexibility index (Phi) is 6.17. The van der Waals surface area contributed by atoms with E-state index in [-0.39, 0.29) is 5.82 Å². The zero-order valence-corrected chi connectivity index (χ0v) is 18.8. The highest BCUT2D eigenvalue weighted by Gasteiger charge is 2.23. The topological polar surface area (TPSA) is 117 Å². The third kappa shape index (κ3) is 4.20. The maximum Gasteiger partial charge on any atom is 0.199 e. The van der Waals surface area contributed by atoms with E-state index >= 15 is 0 Å². The van der Waals surface area contributed by atoms with Crippen molar-refractivity contribution in [2.75, 3.05) is 18.9 Å². The lowest BCUT2D eigenvalue weighted by Crippen LogP contribution is -2.20. The van der Waals surface area contributed by atoms with Gasteiger partial charge in [-0.15, -0.1) is 0 Å². The van der Waals surface area contributed by atoms with Crippen LogP contribution in [0.2, 0.25) is 0 Å². The number of aryl methyl sites for hydroxylation is 1. The summed E-state index contributed by atoms with van der Waals surface area (Å²) in [5.74, 6) is 1.40. The van der Waals surface area contributed by atoms with Gasteiger partial charge in [-0.3, -0.25) is 0 Å². The van der Waals surface area contributed by atoms with Gasteiger partial charge < -0.3 is 20.4 Å². The normalized spacial score (nSPS) is 11.2. The molecule has 0 unspecified atom stereocenters. The van der Waals surface area contributed by atoms with Crippen molar-refractivity contribution in [3.05, 3.63) is 72.4 Å². The average molecular weight is 456 g/mol. The first-order valence-electron chi connectivity index (χ1n) is 11.2. The van der Waals surface area contributed by atoms with Crippen LogP contribution >= 0.6 is 0 Å². The molecule has 0 fully saturated rings. The van der Waals surface area contributed by atoms with Crippen LogP contribution in [-0.4, -0.2) is 38.0 Å². The molecule has 172 valence electrons. The third-order valence-electron chi connectivity index (χ3n) is 5.53. The lowest BCUT2D eigenvalue weighted by atomic mass is 10.1. The summed E-state index contributed by atoms with van der Waals surface area (Å²) in [6.45, 7) is 4.59. The molecular formula is C25H25N7O2. The highest BCUT2D eigenvalue weighted by atomic mass is 16.6. The Hall–Kier alpha value is -4.24. The van der Waals surface area contributed by atoms with Crippen LogP contribution in [0.4, 0.5) is 5.82 Å². The Morgan fingerprint density at radius 1 is 1.00 bits per heavy atom. The van der Waals surface area contributed by atoms with E-state index in [4.69, 9.17) is 25.1 Å². The Bertz CT molecular complexity index is 1380. The molecule has 0 radical (unpaired) electrons. The molecule has 9 heteroatoms. The fraction of sp³-hybridized carbons (Fsp3) is 0.200. The number of fused-ring (bicyclic) bond motifs is 1. The average Bonchev–Trinajstić information content (AvgIpc) is 3.48. The summed E-state index contributed by atoms with van der Waals surface area (Å²) in [6, 6.07) is 20.2. The third-order valence-corrected chi connectivity index (χ3v) is 5.53. The molecule has 0 aliphatic carbocycles. The summed E-state index contributed by atoms with van der Waals surface area (Å²) < 4.78 is 13.0. The van der Waals surface area contributed by atoms with Crippen molar-refractivity contribution in [3.8, 4) is 28.5 Å². The highest BCUT2D eigenvalue weighted by Crippen LogP contribution is 2.36. The maximum atomic E-state index is 6.17. The van der Waals surface area contributed by atoms with Crippen LogP contribution in [0.5, 0.6) is 5.75 Å². The van der Waals surface area contributed by atoms with Crippen LogP contribution in [0.15, 0.2) is 71.5 Å². The molecule has 5 rings (SSSR count). The molecule has 3 heterocycles. The summed E-state index contributed by atoms with van der Waals surface area (Å²) in [5, 5.41) is 11.1. The number of nitrogens with one attached hydrogen (secondary N) is 1. The minimum Gasteiger partial charge on any atom is -0.488 e. The molecule has 0 atom stereocenters. The van der Waals surface area contributed by atoms with E-state index in [9.17, 15) is 0 Å². The zero-order chi connectivity index (χ0) is 23.3. The van der Waals surface area contributed by atoms with E-state index < -0.39 is 0 Å². The van der Waals surface area contributed by atoms with Crippen molar-refractivity contribution in [1.29, 1.82) is 0 Å². The summed E-state index contributed by atoms with van der Waals surface area (Å²) in [6.07, 6.45) is 1.75. The molecule has 3 aromatic heterocycles. The standard InChI is InChI=1S/C25H25N7O2/c1-2-32-23-19(33-14-13-27-15-17-9-5-3-6-10-17)16-28-20(18-11-7-4-8-12-18)21(23)29-25(32)22-24(26)31-34-30-22/h3-12,16,27H,2,13-15H2,1H3,(H2,26,31). The molecule has 0 bridgehead atoms. The molecule has 0 aliphatic rings. The van der Waals surface area contributed by atoms with Crippen molar-refractivity contribution in [2.45, 2.75) is 20.0 Å². The highest BCUT2D eigenvalue weighted by molar-refractivity contribution is 5.95. The van der Waals surface area contributed by atoms with Crippen molar-refractivity contribution >= 4 is 16.9 Å². The molecule has 34 heavy (non-hydrogen) atoms. The van der Waals surface area contributed by atoms with Crippen LogP contribution in [-0.2, 0) is 13.1 Å². The Morgan fingerprint density at radius 2 is 1.76 bits per heavy atom. The van der Waals surface area contributed by atoms with Gasteiger partial charge >= 0.3 is 0 Å². The maximum absolute atomic E-state index is 6.17. The van der Waals surface area contributed by atoms with Crippen molar-refractivity contribution in [3.63, 3.8) is 0 Å². The largest absolute Gasteiger partial charge is 0.488 e. The summed E-state index contributed by atoms with van der Waals surface area (Å²) in [7, 11) is 0. The first kappa shape index (κ1) is 21.6. The number of ether oxygens (including phenoxy) is 1. The van der Waals surface area contributed by atoms with E-state index in [0.717, 1.165) is 23.3 Å². The van der Waals surface area contributed by atoms with Gasteiger partial charge in [-0.25, -0.2) is 14.6 Å². The molecule has 0 saturated carbocycles. The number of anilines is 1.